The van der Waals surface area contributed by atoms with Gasteiger partial charge in [0.15, 0.2) is 11.5 Å². The van der Waals surface area contributed by atoms with E-state index in [4.69, 9.17) is 14.2 Å². The molecule has 11 nitrogen and oxygen atoms in total. The molecule has 1 fully saturated rings. The minimum Gasteiger partial charge on any atom is -0.493 e. The van der Waals surface area contributed by atoms with Gasteiger partial charge >= 0.3 is 6.03 Å². The number of barbiturate groups is 1. The monoisotopic (exact) mass is 581 g/mol. The highest BCUT2D eigenvalue weighted by Gasteiger charge is 2.36. The van der Waals surface area contributed by atoms with Crippen LogP contribution in [0.2, 0.25) is 0 Å². The highest BCUT2D eigenvalue weighted by Crippen LogP contribution is 2.30. The van der Waals surface area contributed by atoms with E-state index in [1.807, 2.05) is 0 Å². The fraction of sp³-hybridized carbons (Fsp3) is 0.115. The Morgan fingerprint density at radius 2 is 1.63 bits per heavy atom. The Morgan fingerprint density at radius 1 is 0.947 bits per heavy atom. The van der Waals surface area contributed by atoms with Crippen LogP contribution in [0.4, 0.5) is 16.2 Å². The van der Waals surface area contributed by atoms with Crippen molar-refractivity contribution in [2.75, 3.05) is 25.2 Å². The summed E-state index contributed by atoms with van der Waals surface area (Å²) in [6.07, 6.45) is 1.36. The van der Waals surface area contributed by atoms with Gasteiger partial charge in [-0.25, -0.2) is 9.69 Å². The summed E-state index contributed by atoms with van der Waals surface area (Å²) in [6.45, 7) is 0.320. The number of carbonyl (C=O) groups excluding carboxylic acids is 3. The van der Waals surface area contributed by atoms with Gasteiger partial charge in [-0.05, 0) is 60.2 Å². The Kier molecular flexibility index (Phi) is 8.02. The second-order valence-corrected chi connectivity index (χ2v) is 8.71. The molecule has 38 heavy (non-hydrogen) atoms. The zero-order chi connectivity index (χ0) is 27.2. The van der Waals surface area contributed by atoms with E-state index < -0.39 is 22.8 Å². The summed E-state index contributed by atoms with van der Waals surface area (Å²) in [7, 11) is 1.44. The van der Waals surface area contributed by atoms with Crippen molar-refractivity contribution in [3.8, 4) is 17.2 Å². The van der Waals surface area contributed by atoms with Gasteiger partial charge in [-0.1, -0.05) is 22.0 Å². The minimum atomic E-state index is -0.836. The fourth-order valence-electron chi connectivity index (χ4n) is 3.52. The summed E-state index contributed by atoms with van der Waals surface area (Å²) in [5.74, 6) is -0.369. The molecule has 1 aliphatic heterocycles. The summed E-state index contributed by atoms with van der Waals surface area (Å²) >= 11 is 3.30. The molecule has 4 rings (SSSR count). The number of rotatable bonds is 9. The number of amides is 4. The van der Waals surface area contributed by atoms with Crippen LogP contribution in [0.3, 0.4) is 0 Å². The summed E-state index contributed by atoms with van der Waals surface area (Å²) < 4.78 is 17.4. The lowest BCUT2D eigenvalue weighted by Gasteiger charge is -2.26. The Labute approximate surface area is 224 Å². The molecular weight excluding hydrogens is 562 g/mol. The van der Waals surface area contributed by atoms with Gasteiger partial charge < -0.3 is 14.2 Å². The van der Waals surface area contributed by atoms with Gasteiger partial charge in [-0.3, -0.25) is 25.0 Å². The molecule has 1 N–H and O–H groups in total. The number of imide groups is 2. The number of halogens is 1. The molecular formula is C26H20BrN3O8. The Hall–Kier alpha value is -4.71. The lowest BCUT2D eigenvalue weighted by Crippen LogP contribution is -2.54. The molecule has 0 atom stereocenters. The number of carbonyl (C=O) groups is 3. The lowest BCUT2D eigenvalue weighted by atomic mass is 10.1. The second-order valence-electron chi connectivity index (χ2n) is 7.79. The topological polar surface area (TPSA) is 137 Å². The van der Waals surface area contributed by atoms with Gasteiger partial charge in [0, 0.05) is 16.6 Å². The van der Waals surface area contributed by atoms with Crippen LogP contribution in [0, 0.1) is 10.1 Å². The average molecular weight is 582 g/mol. The highest BCUT2D eigenvalue weighted by molar-refractivity contribution is 9.10. The number of nitrogens with one attached hydrogen (secondary N) is 1. The molecule has 1 aliphatic rings. The van der Waals surface area contributed by atoms with Crippen molar-refractivity contribution in [1.82, 2.24) is 5.32 Å². The van der Waals surface area contributed by atoms with Crippen LogP contribution in [0.15, 0.2) is 76.8 Å². The second kappa shape index (κ2) is 11.6. The summed E-state index contributed by atoms with van der Waals surface area (Å²) in [5.41, 5.74) is 0.527. The number of nitro benzene ring substituents is 1. The fourth-order valence-corrected chi connectivity index (χ4v) is 3.78. The zero-order valence-electron chi connectivity index (χ0n) is 19.9. The first-order valence-corrected chi connectivity index (χ1v) is 11.9. The first-order valence-electron chi connectivity index (χ1n) is 11.1. The van der Waals surface area contributed by atoms with Crippen LogP contribution in [0.25, 0.3) is 6.08 Å². The van der Waals surface area contributed by atoms with Crippen LogP contribution in [-0.4, -0.2) is 43.1 Å². The van der Waals surface area contributed by atoms with Crippen molar-refractivity contribution in [2.24, 2.45) is 0 Å². The van der Waals surface area contributed by atoms with Crippen molar-refractivity contribution in [3.05, 3.63) is 92.5 Å². The number of hydrogen-bond donors (Lipinski definition) is 1. The van der Waals surface area contributed by atoms with E-state index >= 15 is 0 Å². The molecule has 0 aliphatic carbocycles. The van der Waals surface area contributed by atoms with Crippen LogP contribution < -0.4 is 24.4 Å². The maximum absolute atomic E-state index is 13.1. The zero-order valence-corrected chi connectivity index (χ0v) is 21.5. The molecule has 194 valence electrons. The number of non-ortho nitro benzene ring substituents is 1. The van der Waals surface area contributed by atoms with Gasteiger partial charge in [0.2, 0.25) is 0 Å². The van der Waals surface area contributed by atoms with Gasteiger partial charge in [0.05, 0.1) is 17.7 Å². The molecule has 4 amide bonds. The molecule has 0 bridgehead atoms. The van der Waals surface area contributed by atoms with Gasteiger partial charge in [-0.2, -0.15) is 0 Å². The van der Waals surface area contributed by atoms with E-state index in [0.717, 1.165) is 9.37 Å². The number of benzene rings is 3. The summed E-state index contributed by atoms with van der Waals surface area (Å²) in [4.78, 5) is 49.0. The van der Waals surface area contributed by atoms with Gasteiger partial charge in [0.25, 0.3) is 17.5 Å². The molecule has 0 spiro atoms. The van der Waals surface area contributed by atoms with E-state index in [1.165, 1.54) is 37.5 Å². The third-order valence-electron chi connectivity index (χ3n) is 5.34. The SMILES string of the molecule is COc1cc(/C=C2/C(=O)NC(=O)N(c3ccc(Br)cc3)C2=O)ccc1OCCOc1ccc([N+](=O)[O-])cc1. The number of nitro groups is 1. The number of methoxy groups -OCH3 is 1. The van der Waals surface area contributed by atoms with E-state index in [9.17, 15) is 24.5 Å². The van der Waals surface area contributed by atoms with Crippen LogP contribution in [0.1, 0.15) is 5.56 Å². The molecule has 1 saturated heterocycles. The number of urea groups is 1. The number of ether oxygens (including phenoxy) is 3. The molecule has 0 unspecified atom stereocenters. The standard InChI is InChI=1S/C26H20BrN3O8/c1-36-23-15-16(2-11-22(23)38-13-12-37-20-9-7-19(8-10-20)30(34)35)14-21-24(31)28-26(33)29(25(21)32)18-5-3-17(27)4-6-18/h2-11,14-15H,12-13H2,1H3,(H,28,31,33)/b21-14-. The van der Waals surface area contributed by atoms with Gasteiger partial charge in [-0.15, -0.1) is 0 Å². The van der Waals surface area contributed by atoms with Crippen molar-refractivity contribution in [2.45, 2.75) is 0 Å². The minimum absolute atomic E-state index is 0.0339. The van der Waals surface area contributed by atoms with Crippen LogP contribution in [0.5, 0.6) is 17.2 Å². The first-order chi connectivity index (χ1) is 18.3. The number of anilines is 1. The van der Waals surface area contributed by atoms with E-state index in [2.05, 4.69) is 21.2 Å². The highest BCUT2D eigenvalue weighted by atomic mass is 79.9. The van der Waals surface area contributed by atoms with Crippen molar-refractivity contribution < 1.29 is 33.5 Å². The third kappa shape index (κ3) is 5.98. The number of nitrogens with zero attached hydrogens (tertiary/aromatic N) is 2. The quantitative estimate of drug-likeness (QED) is 0.128. The summed E-state index contributed by atoms with van der Waals surface area (Å²) in [5, 5.41) is 12.9. The van der Waals surface area contributed by atoms with Gasteiger partial charge in [0.1, 0.15) is 24.5 Å². The largest absolute Gasteiger partial charge is 0.493 e. The molecule has 0 radical (unpaired) electrons. The maximum atomic E-state index is 13.1. The van der Waals surface area contributed by atoms with Crippen LogP contribution in [-0.2, 0) is 9.59 Å². The normalized spacial score (nSPS) is 14.3. The summed E-state index contributed by atoms with van der Waals surface area (Å²) in [6, 6.07) is 16.2. The van der Waals surface area contributed by atoms with E-state index in [1.54, 1.807) is 42.5 Å². The maximum Gasteiger partial charge on any atom is 0.335 e. The third-order valence-corrected chi connectivity index (χ3v) is 5.87. The van der Waals surface area contributed by atoms with Crippen LogP contribution >= 0.6 is 15.9 Å². The number of hydrogen-bond acceptors (Lipinski definition) is 8. The Morgan fingerprint density at radius 3 is 2.29 bits per heavy atom. The van der Waals surface area contributed by atoms with Crippen molar-refractivity contribution in [3.63, 3.8) is 0 Å². The van der Waals surface area contributed by atoms with Crippen molar-refractivity contribution >= 4 is 51.2 Å². The molecule has 1 heterocycles. The predicted molar refractivity (Wildman–Crippen MR) is 140 cm³/mol. The molecule has 0 saturated carbocycles. The first kappa shape index (κ1) is 26.4. The van der Waals surface area contributed by atoms with Crippen molar-refractivity contribution in [1.29, 1.82) is 0 Å². The van der Waals surface area contributed by atoms with E-state index in [-0.39, 0.29) is 24.5 Å². The Bertz CT molecular complexity index is 1420. The Balaban J connectivity index is 1.44. The molecule has 12 heteroatoms. The molecule has 0 aromatic heterocycles. The average Bonchev–Trinajstić information content (AvgIpc) is 2.90. The lowest BCUT2D eigenvalue weighted by molar-refractivity contribution is -0.384. The van der Waals surface area contributed by atoms with E-state index in [0.29, 0.717) is 28.5 Å². The smallest absolute Gasteiger partial charge is 0.335 e. The predicted octanol–water partition coefficient (Wildman–Crippen LogP) is 4.49. The molecule has 3 aromatic rings. The molecule has 3 aromatic carbocycles.